The first-order chi connectivity index (χ1) is 14.8. The summed E-state index contributed by atoms with van der Waals surface area (Å²) in [6.45, 7) is 2.50. The third-order valence-corrected chi connectivity index (χ3v) is 7.11. The van der Waals surface area contributed by atoms with Crippen molar-refractivity contribution in [2.75, 3.05) is 26.7 Å². The molecule has 1 aliphatic carbocycles. The Morgan fingerprint density at radius 3 is 2.71 bits per heavy atom. The Labute approximate surface area is 183 Å². The molecule has 4 amide bonds. The van der Waals surface area contributed by atoms with Crippen molar-refractivity contribution in [1.29, 1.82) is 0 Å². The number of thiazole rings is 1. The van der Waals surface area contributed by atoms with E-state index in [9.17, 15) is 19.2 Å². The van der Waals surface area contributed by atoms with E-state index in [2.05, 4.69) is 20.5 Å². The zero-order chi connectivity index (χ0) is 22.1. The second kappa shape index (κ2) is 8.79. The van der Waals surface area contributed by atoms with Gasteiger partial charge in [-0.05, 0) is 26.3 Å². The number of carbonyl (C=O) groups is 4. The van der Waals surface area contributed by atoms with E-state index in [1.807, 2.05) is 7.05 Å². The molecule has 1 saturated heterocycles. The number of aromatic nitrogens is 1. The van der Waals surface area contributed by atoms with Crippen LogP contribution in [0.4, 0.5) is 4.79 Å². The van der Waals surface area contributed by atoms with Gasteiger partial charge in [0.2, 0.25) is 0 Å². The van der Waals surface area contributed by atoms with Gasteiger partial charge in [-0.3, -0.25) is 14.4 Å². The Morgan fingerprint density at radius 2 is 2.00 bits per heavy atom. The number of hydrogen-bond acceptors (Lipinski definition) is 8. The summed E-state index contributed by atoms with van der Waals surface area (Å²) in [4.78, 5) is 57.5. The molecule has 0 unspecified atom stereocenters. The number of nitrogens with one attached hydrogen (secondary N) is 2. The summed E-state index contributed by atoms with van der Waals surface area (Å²) in [6, 6.07) is -1.08. The number of fused-ring (bicyclic) bond motifs is 1. The second-order valence-corrected chi connectivity index (χ2v) is 9.26. The molecule has 3 aliphatic rings. The van der Waals surface area contributed by atoms with Crippen molar-refractivity contribution in [2.45, 2.75) is 50.4 Å². The van der Waals surface area contributed by atoms with E-state index < -0.39 is 23.9 Å². The van der Waals surface area contributed by atoms with Crippen molar-refractivity contribution in [3.05, 3.63) is 15.6 Å². The van der Waals surface area contributed by atoms with E-state index in [4.69, 9.17) is 10.5 Å². The number of ether oxygens (including phenoxy) is 1. The Bertz CT molecular complexity index is 904. The molecule has 12 heteroatoms. The highest BCUT2D eigenvalue weighted by Gasteiger charge is 2.39. The maximum absolute atomic E-state index is 13.0. The lowest BCUT2D eigenvalue weighted by Crippen LogP contribution is -2.59. The summed E-state index contributed by atoms with van der Waals surface area (Å²) < 4.78 is 5.04. The molecule has 2 aliphatic heterocycles. The van der Waals surface area contributed by atoms with E-state index in [1.54, 1.807) is 4.90 Å². The molecule has 3 heterocycles. The van der Waals surface area contributed by atoms with Crippen molar-refractivity contribution in [3.63, 3.8) is 0 Å². The Morgan fingerprint density at radius 1 is 1.19 bits per heavy atom. The first kappa shape index (κ1) is 21.5. The Hall–Kier alpha value is -2.73. The molecule has 0 radical (unpaired) electrons. The van der Waals surface area contributed by atoms with Gasteiger partial charge in [0.25, 0.3) is 5.91 Å². The summed E-state index contributed by atoms with van der Waals surface area (Å²) >= 11 is 1.37. The standard InChI is InChI=1S/C19H26N6O5S/c1-24-5-4-12-14(9-24)31-18(23-12)17(28)22-13-8-10(25-6-7-30-19(25)29)2-3-11(13)21-16(27)15(20)26/h10-11,13H,2-9H2,1H3,(H2,20,26)(H,21,27)(H,22,28)/t10-,11-,13+/m0/s1. The maximum Gasteiger partial charge on any atom is 0.410 e. The van der Waals surface area contributed by atoms with E-state index in [0.717, 1.165) is 30.1 Å². The fraction of sp³-hybridized carbons (Fsp3) is 0.632. The molecule has 4 rings (SSSR count). The molecule has 0 bridgehead atoms. The van der Waals surface area contributed by atoms with Gasteiger partial charge >= 0.3 is 17.9 Å². The van der Waals surface area contributed by atoms with Crippen LogP contribution >= 0.6 is 11.3 Å². The van der Waals surface area contributed by atoms with Crippen molar-refractivity contribution in [3.8, 4) is 0 Å². The van der Waals surface area contributed by atoms with E-state index in [0.29, 0.717) is 37.4 Å². The minimum atomic E-state index is -1.08. The molecule has 168 valence electrons. The minimum absolute atomic E-state index is 0.125. The first-order valence-electron chi connectivity index (χ1n) is 10.3. The third-order valence-electron chi connectivity index (χ3n) is 6.03. The highest BCUT2D eigenvalue weighted by molar-refractivity contribution is 7.13. The number of carbonyl (C=O) groups excluding carboxylic acids is 4. The second-order valence-electron chi connectivity index (χ2n) is 8.18. The van der Waals surface area contributed by atoms with E-state index >= 15 is 0 Å². The quantitative estimate of drug-likeness (QED) is 0.509. The topological polar surface area (TPSA) is 147 Å². The van der Waals surface area contributed by atoms with Gasteiger partial charge in [-0.1, -0.05) is 0 Å². The average molecular weight is 451 g/mol. The zero-order valence-electron chi connectivity index (χ0n) is 17.3. The van der Waals surface area contributed by atoms with Gasteiger partial charge < -0.3 is 30.9 Å². The predicted molar refractivity (Wildman–Crippen MR) is 110 cm³/mol. The molecule has 11 nitrogen and oxygen atoms in total. The summed E-state index contributed by atoms with van der Waals surface area (Å²) in [5, 5.41) is 5.96. The third kappa shape index (κ3) is 4.64. The van der Waals surface area contributed by atoms with Crippen LogP contribution in [-0.4, -0.2) is 83.5 Å². The number of primary amides is 1. The fourth-order valence-corrected chi connectivity index (χ4v) is 5.48. The molecule has 31 heavy (non-hydrogen) atoms. The van der Waals surface area contributed by atoms with Gasteiger partial charge in [-0.15, -0.1) is 11.3 Å². The Balaban J connectivity index is 1.49. The molecule has 0 aromatic carbocycles. The predicted octanol–water partition coefficient (Wildman–Crippen LogP) is -0.796. The van der Waals surface area contributed by atoms with Crippen LogP contribution < -0.4 is 16.4 Å². The fourth-order valence-electron chi connectivity index (χ4n) is 4.39. The summed E-state index contributed by atoms with van der Waals surface area (Å²) in [6.07, 6.45) is 1.96. The molecule has 0 spiro atoms. The molecular weight excluding hydrogens is 424 g/mol. The lowest BCUT2D eigenvalue weighted by molar-refractivity contribution is -0.138. The maximum atomic E-state index is 13.0. The highest BCUT2D eigenvalue weighted by atomic mass is 32.1. The average Bonchev–Trinajstić information content (AvgIpc) is 3.34. The van der Waals surface area contributed by atoms with E-state index in [-0.39, 0.29) is 18.0 Å². The molecular formula is C19H26N6O5S. The van der Waals surface area contributed by atoms with Crippen molar-refractivity contribution in [1.82, 2.24) is 25.4 Å². The lowest BCUT2D eigenvalue weighted by atomic mass is 9.85. The van der Waals surface area contributed by atoms with Crippen LogP contribution in [0.1, 0.15) is 39.6 Å². The molecule has 4 N–H and O–H groups in total. The van der Waals surface area contributed by atoms with Crippen molar-refractivity contribution in [2.24, 2.45) is 5.73 Å². The van der Waals surface area contributed by atoms with Crippen LogP contribution in [0.2, 0.25) is 0 Å². The highest BCUT2D eigenvalue weighted by Crippen LogP contribution is 2.28. The smallest absolute Gasteiger partial charge is 0.410 e. The lowest BCUT2D eigenvalue weighted by Gasteiger charge is -2.39. The van der Waals surface area contributed by atoms with Crippen molar-refractivity contribution < 1.29 is 23.9 Å². The van der Waals surface area contributed by atoms with Crippen LogP contribution in [0.5, 0.6) is 0 Å². The molecule has 2 fully saturated rings. The minimum Gasteiger partial charge on any atom is -0.448 e. The largest absolute Gasteiger partial charge is 0.448 e. The van der Waals surface area contributed by atoms with Crippen LogP contribution in [0.15, 0.2) is 0 Å². The normalized spacial score (nSPS) is 26.2. The number of rotatable bonds is 4. The molecule has 1 aromatic heterocycles. The van der Waals surface area contributed by atoms with Gasteiger partial charge in [-0.25, -0.2) is 9.78 Å². The number of nitrogens with zero attached hydrogens (tertiary/aromatic N) is 3. The van der Waals surface area contributed by atoms with Gasteiger partial charge in [0.1, 0.15) is 6.61 Å². The summed E-state index contributed by atoms with van der Waals surface area (Å²) in [5.41, 5.74) is 6.04. The number of nitrogens with two attached hydrogens (primary N) is 1. The van der Waals surface area contributed by atoms with E-state index in [1.165, 1.54) is 11.3 Å². The summed E-state index contributed by atoms with van der Waals surface area (Å²) in [5.74, 6) is -2.29. The molecule has 3 atom stereocenters. The molecule has 1 saturated carbocycles. The van der Waals surface area contributed by atoms with Gasteiger partial charge in [-0.2, -0.15) is 0 Å². The number of cyclic esters (lactones) is 1. The molecule has 1 aromatic rings. The zero-order valence-corrected chi connectivity index (χ0v) is 18.1. The number of likely N-dealkylation sites (N-methyl/N-ethyl adjacent to an activating group) is 1. The summed E-state index contributed by atoms with van der Waals surface area (Å²) in [7, 11) is 2.03. The Kier molecular flexibility index (Phi) is 6.10. The first-order valence-corrected chi connectivity index (χ1v) is 11.1. The number of hydrogen-bond donors (Lipinski definition) is 3. The van der Waals surface area contributed by atoms with Gasteiger partial charge in [0.15, 0.2) is 5.01 Å². The van der Waals surface area contributed by atoms with Crippen molar-refractivity contribution >= 4 is 35.2 Å². The van der Waals surface area contributed by atoms with Crippen LogP contribution in [0.25, 0.3) is 0 Å². The van der Waals surface area contributed by atoms with Crippen LogP contribution in [0, 0.1) is 0 Å². The van der Waals surface area contributed by atoms with Gasteiger partial charge in [0, 0.05) is 36.5 Å². The number of amides is 4. The van der Waals surface area contributed by atoms with Gasteiger partial charge in [0.05, 0.1) is 18.3 Å². The SMILES string of the molecule is CN1CCc2nc(C(=O)N[C@@H]3C[C@@H](N4CCOC4=O)CC[C@@H]3NC(=O)C(N)=O)sc2C1. The van der Waals surface area contributed by atoms with Crippen LogP contribution in [0.3, 0.4) is 0 Å². The monoisotopic (exact) mass is 450 g/mol. The van der Waals surface area contributed by atoms with Crippen LogP contribution in [-0.2, 0) is 27.3 Å².